The topological polar surface area (TPSA) is 38.3 Å². The van der Waals surface area contributed by atoms with Gasteiger partial charge in [0.2, 0.25) is 0 Å². The van der Waals surface area contributed by atoms with E-state index in [9.17, 15) is 4.79 Å². The number of alkyl carbamates (subject to hydrolysis) is 1. The zero-order chi connectivity index (χ0) is 15.6. The minimum absolute atomic E-state index is 0.279. The molecule has 0 saturated carbocycles. The van der Waals surface area contributed by atoms with Crippen LogP contribution in [0, 0.1) is 18.8 Å². The maximum Gasteiger partial charge on any atom is 0.407 e. The molecule has 0 aliphatic carbocycles. The van der Waals surface area contributed by atoms with Crippen molar-refractivity contribution in [2.45, 2.75) is 20.0 Å². The van der Waals surface area contributed by atoms with Crippen LogP contribution in [-0.4, -0.2) is 12.6 Å². The first kappa shape index (κ1) is 15.7. The van der Waals surface area contributed by atoms with E-state index in [-0.39, 0.29) is 6.61 Å². The fraction of sp³-hybridized carbons (Fsp3) is 0.211. The van der Waals surface area contributed by atoms with Gasteiger partial charge < -0.3 is 10.1 Å². The summed E-state index contributed by atoms with van der Waals surface area (Å²) in [5.74, 6) is 6.11. The fourth-order valence-electron chi connectivity index (χ4n) is 1.89. The molecule has 0 aromatic heterocycles. The third-order valence-electron chi connectivity index (χ3n) is 2.98. The molecule has 0 spiro atoms. The maximum absolute atomic E-state index is 11.5. The van der Waals surface area contributed by atoms with Gasteiger partial charge in [0.15, 0.2) is 0 Å². The van der Waals surface area contributed by atoms with Crippen LogP contribution in [-0.2, 0) is 11.3 Å². The molecule has 112 valence electrons. The van der Waals surface area contributed by atoms with Gasteiger partial charge in [-0.05, 0) is 30.2 Å². The quantitative estimate of drug-likeness (QED) is 0.690. The summed E-state index contributed by atoms with van der Waals surface area (Å²) in [5, 5.41) is 2.69. The molecular formula is C19H19NO2. The van der Waals surface area contributed by atoms with Crippen LogP contribution in [0.1, 0.15) is 23.1 Å². The summed E-state index contributed by atoms with van der Waals surface area (Å²) >= 11 is 0. The van der Waals surface area contributed by atoms with E-state index in [2.05, 4.69) is 17.2 Å². The first-order valence-electron chi connectivity index (χ1n) is 7.24. The Morgan fingerprint density at radius 3 is 2.73 bits per heavy atom. The van der Waals surface area contributed by atoms with E-state index < -0.39 is 6.09 Å². The second-order valence-electron chi connectivity index (χ2n) is 4.91. The van der Waals surface area contributed by atoms with E-state index in [0.29, 0.717) is 13.0 Å². The molecule has 22 heavy (non-hydrogen) atoms. The van der Waals surface area contributed by atoms with Gasteiger partial charge in [-0.25, -0.2) is 4.79 Å². The summed E-state index contributed by atoms with van der Waals surface area (Å²) < 4.78 is 5.11. The van der Waals surface area contributed by atoms with Gasteiger partial charge in [0.25, 0.3) is 0 Å². The van der Waals surface area contributed by atoms with E-state index in [1.54, 1.807) is 0 Å². The third kappa shape index (κ3) is 5.72. The number of ether oxygens (including phenoxy) is 1. The lowest BCUT2D eigenvalue weighted by Gasteiger charge is -2.05. The van der Waals surface area contributed by atoms with E-state index in [4.69, 9.17) is 4.74 Å². The number of benzene rings is 2. The summed E-state index contributed by atoms with van der Waals surface area (Å²) in [6, 6.07) is 17.6. The average molecular weight is 293 g/mol. The van der Waals surface area contributed by atoms with Crippen molar-refractivity contribution in [3.8, 4) is 11.8 Å². The van der Waals surface area contributed by atoms with Crippen LogP contribution in [0.15, 0.2) is 54.6 Å². The van der Waals surface area contributed by atoms with Crippen LogP contribution in [0.2, 0.25) is 0 Å². The molecule has 0 unspecified atom stereocenters. The van der Waals surface area contributed by atoms with Gasteiger partial charge in [0.05, 0.1) is 0 Å². The van der Waals surface area contributed by atoms with Crippen LogP contribution in [0.4, 0.5) is 4.79 Å². The highest BCUT2D eigenvalue weighted by Crippen LogP contribution is 2.02. The van der Waals surface area contributed by atoms with Gasteiger partial charge >= 0.3 is 6.09 Å². The number of carbonyl (C=O) groups excluding carboxylic acids is 1. The molecule has 2 rings (SSSR count). The molecule has 3 nitrogen and oxygen atoms in total. The summed E-state index contributed by atoms with van der Waals surface area (Å²) in [4.78, 5) is 11.5. The largest absolute Gasteiger partial charge is 0.445 e. The van der Waals surface area contributed by atoms with Crippen molar-refractivity contribution in [1.82, 2.24) is 5.32 Å². The lowest BCUT2D eigenvalue weighted by Crippen LogP contribution is -2.24. The molecule has 0 aliphatic heterocycles. The maximum atomic E-state index is 11.5. The van der Waals surface area contributed by atoms with Crippen molar-refractivity contribution in [1.29, 1.82) is 0 Å². The highest BCUT2D eigenvalue weighted by atomic mass is 16.5. The van der Waals surface area contributed by atoms with Crippen molar-refractivity contribution >= 4 is 6.09 Å². The minimum Gasteiger partial charge on any atom is -0.445 e. The first-order valence-corrected chi connectivity index (χ1v) is 7.24. The van der Waals surface area contributed by atoms with Crippen LogP contribution in [0.3, 0.4) is 0 Å². The standard InChI is InChI=1S/C19H19NO2/c1-16-8-7-12-17(14-16)9-5-6-13-20-19(21)22-15-18-10-3-2-4-11-18/h2-4,7-8,10-12,14H,6,13,15H2,1H3,(H,20,21). The normalized spacial score (nSPS) is 9.50. The minimum atomic E-state index is -0.416. The fourth-order valence-corrected chi connectivity index (χ4v) is 1.89. The van der Waals surface area contributed by atoms with Gasteiger partial charge in [0.1, 0.15) is 6.61 Å². The highest BCUT2D eigenvalue weighted by Gasteiger charge is 2.00. The summed E-state index contributed by atoms with van der Waals surface area (Å²) in [7, 11) is 0. The lowest BCUT2D eigenvalue weighted by molar-refractivity contribution is 0.140. The molecule has 1 N–H and O–H groups in total. The monoisotopic (exact) mass is 293 g/mol. The number of hydrogen-bond donors (Lipinski definition) is 1. The number of hydrogen-bond acceptors (Lipinski definition) is 2. The lowest BCUT2D eigenvalue weighted by atomic mass is 10.1. The van der Waals surface area contributed by atoms with Crippen molar-refractivity contribution in [3.63, 3.8) is 0 Å². The summed E-state index contributed by atoms with van der Waals surface area (Å²) in [6.45, 7) is 2.80. The van der Waals surface area contributed by atoms with Crippen molar-refractivity contribution < 1.29 is 9.53 Å². The molecule has 0 atom stereocenters. The van der Waals surface area contributed by atoms with Gasteiger partial charge in [0, 0.05) is 18.5 Å². The smallest absolute Gasteiger partial charge is 0.407 e. The number of amides is 1. The van der Waals surface area contributed by atoms with Gasteiger partial charge in [-0.3, -0.25) is 0 Å². The average Bonchev–Trinajstić information content (AvgIpc) is 2.54. The van der Waals surface area contributed by atoms with E-state index in [1.807, 2.05) is 61.5 Å². The first-order chi connectivity index (χ1) is 10.7. The summed E-state index contributed by atoms with van der Waals surface area (Å²) in [5.41, 5.74) is 3.15. The molecule has 0 radical (unpaired) electrons. The molecule has 2 aromatic rings. The van der Waals surface area contributed by atoms with E-state index in [1.165, 1.54) is 5.56 Å². The van der Waals surface area contributed by atoms with Crippen molar-refractivity contribution in [2.24, 2.45) is 0 Å². The predicted molar refractivity (Wildman–Crippen MR) is 87.3 cm³/mol. The Morgan fingerprint density at radius 2 is 1.95 bits per heavy atom. The van der Waals surface area contributed by atoms with Crippen molar-refractivity contribution in [2.75, 3.05) is 6.54 Å². The van der Waals surface area contributed by atoms with Crippen LogP contribution in [0.25, 0.3) is 0 Å². The summed E-state index contributed by atoms with van der Waals surface area (Å²) in [6.07, 6.45) is 0.176. The molecule has 1 amide bonds. The van der Waals surface area contributed by atoms with E-state index in [0.717, 1.165) is 11.1 Å². The number of rotatable bonds is 4. The van der Waals surface area contributed by atoms with Gasteiger partial charge in [-0.15, -0.1) is 0 Å². The number of aryl methyl sites for hydroxylation is 1. The van der Waals surface area contributed by atoms with Crippen LogP contribution >= 0.6 is 0 Å². The molecule has 2 aromatic carbocycles. The second kappa shape index (κ2) is 8.53. The Balaban J connectivity index is 1.65. The predicted octanol–water partition coefficient (Wildman–Crippen LogP) is 3.66. The van der Waals surface area contributed by atoms with E-state index >= 15 is 0 Å². The highest BCUT2D eigenvalue weighted by molar-refractivity contribution is 5.67. The Bertz CT molecular complexity index is 669. The molecule has 0 saturated heterocycles. The van der Waals surface area contributed by atoms with Gasteiger partial charge in [-0.1, -0.05) is 54.3 Å². The Labute approximate surface area is 131 Å². The Hall–Kier alpha value is -2.73. The van der Waals surface area contributed by atoms with Crippen LogP contribution < -0.4 is 5.32 Å². The molecular weight excluding hydrogens is 274 g/mol. The SMILES string of the molecule is Cc1cccc(C#CCCNC(=O)OCc2ccccc2)c1. The molecule has 3 heteroatoms. The van der Waals surface area contributed by atoms with Crippen molar-refractivity contribution in [3.05, 3.63) is 71.3 Å². The Morgan fingerprint density at radius 1 is 1.14 bits per heavy atom. The zero-order valence-corrected chi connectivity index (χ0v) is 12.6. The van der Waals surface area contributed by atoms with Gasteiger partial charge in [-0.2, -0.15) is 0 Å². The Kier molecular flexibility index (Phi) is 6.07. The molecule has 0 heterocycles. The number of nitrogens with one attached hydrogen (secondary N) is 1. The molecule has 0 aliphatic rings. The number of carbonyl (C=O) groups is 1. The molecule has 0 fully saturated rings. The van der Waals surface area contributed by atoms with Crippen LogP contribution in [0.5, 0.6) is 0 Å². The third-order valence-corrected chi connectivity index (χ3v) is 2.98. The zero-order valence-electron chi connectivity index (χ0n) is 12.6. The molecule has 0 bridgehead atoms. The second-order valence-corrected chi connectivity index (χ2v) is 4.91.